The first-order chi connectivity index (χ1) is 18.8. The number of aliphatic hydroxyl groups excluding tert-OH is 1. The third-order valence-electron chi connectivity index (χ3n) is 11.0. The van der Waals surface area contributed by atoms with E-state index in [0.29, 0.717) is 41.9 Å². The van der Waals surface area contributed by atoms with Crippen molar-refractivity contribution >= 4 is 21.8 Å². The van der Waals surface area contributed by atoms with Crippen LogP contribution in [0.3, 0.4) is 0 Å². The lowest BCUT2D eigenvalue weighted by atomic mass is 9.55. The van der Waals surface area contributed by atoms with Crippen molar-refractivity contribution in [3.05, 3.63) is 29.3 Å². The Labute approximate surface area is 246 Å². The number of aryl methyl sites for hydroxylation is 1. The molecule has 2 fully saturated rings. The lowest BCUT2D eigenvalue weighted by Gasteiger charge is -2.50. The average Bonchev–Trinajstić information content (AvgIpc) is 3.22. The van der Waals surface area contributed by atoms with E-state index < -0.39 is 0 Å². The van der Waals surface area contributed by atoms with Gasteiger partial charge in [-0.2, -0.15) is 0 Å². The molecular formula is C34H54BrNO3. The minimum Gasteiger partial charge on any atom is -0.497 e. The van der Waals surface area contributed by atoms with Crippen LogP contribution in [0.1, 0.15) is 114 Å². The average molecular weight is 605 g/mol. The monoisotopic (exact) mass is 603 g/mol. The summed E-state index contributed by atoms with van der Waals surface area (Å²) >= 11 is 3.79. The maximum atomic E-state index is 12.3. The van der Waals surface area contributed by atoms with Gasteiger partial charge in [0, 0.05) is 25.3 Å². The predicted octanol–water partition coefficient (Wildman–Crippen LogP) is 8.14. The molecule has 3 aliphatic carbocycles. The summed E-state index contributed by atoms with van der Waals surface area (Å²) in [5.74, 6) is 4.39. The highest BCUT2D eigenvalue weighted by molar-refractivity contribution is 9.09. The normalized spacial score (nSPS) is 30.3. The summed E-state index contributed by atoms with van der Waals surface area (Å²) in [7, 11) is 3.70. The number of aliphatic hydroxyl groups is 1. The fourth-order valence-corrected chi connectivity index (χ4v) is 9.11. The van der Waals surface area contributed by atoms with Crippen molar-refractivity contribution in [2.75, 3.05) is 26.0 Å². The molecule has 1 N–H and O–H groups in total. The SMILES string of the molecule is CCCCN(C)C(=O)CCCCCC(CBr)CC[C@@H]1C[C@H]2[C@@H]3CCc4cc(OC)ccc4[C@H]3CC[C@]2(C)[C@H]1O. The van der Waals surface area contributed by atoms with Crippen molar-refractivity contribution in [1.29, 1.82) is 0 Å². The number of fused-ring (bicyclic) bond motifs is 5. The van der Waals surface area contributed by atoms with E-state index in [1.165, 1.54) is 44.1 Å². The molecule has 5 heteroatoms. The minimum absolute atomic E-state index is 0.0799. The molecule has 0 aliphatic heterocycles. The molecule has 1 amide bonds. The lowest BCUT2D eigenvalue weighted by Crippen LogP contribution is -2.44. The summed E-state index contributed by atoms with van der Waals surface area (Å²) in [6.07, 6.45) is 15.6. The smallest absolute Gasteiger partial charge is 0.222 e. The maximum absolute atomic E-state index is 12.3. The molecule has 7 atom stereocenters. The third kappa shape index (κ3) is 7.05. The zero-order valence-corrected chi connectivity index (χ0v) is 26.7. The second-order valence-electron chi connectivity index (χ2n) is 13.3. The zero-order chi connectivity index (χ0) is 28.0. The van der Waals surface area contributed by atoms with E-state index in [1.807, 2.05) is 11.9 Å². The Morgan fingerprint density at radius 2 is 2.03 bits per heavy atom. The Hall–Kier alpha value is -1.07. The van der Waals surface area contributed by atoms with Crippen LogP contribution in [0.2, 0.25) is 0 Å². The first-order valence-electron chi connectivity index (χ1n) is 16.0. The number of nitrogens with zero attached hydrogens (tertiary/aromatic N) is 1. The van der Waals surface area contributed by atoms with Crippen molar-refractivity contribution in [3.8, 4) is 5.75 Å². The highest BCUT2D eigenvalue weighted by Gasteiger charge is 2.57. The second kappa shape index (κ2) is 14.2. The van der Waals surface area contributed by atoms with E-state index >= 15 is 0 Å². The number of carbonyl (C=O) groups excluding carboxylic acids is 1. The number of halogens is 1. The minimum atomic E-state index is -0.160. The predicted molar refractivity (Wildman–Crippen MR) is 165 cm³/mol. The Bertz CT molecular complexity index is 937. The maximum Gasteiger partial charge on any atom is 0.222 e. The Balaban J connectivity index is 1.24. The quantitative estimate of drug-likeness (QED) is 0.172. The van der Waals surface area contributed by atoms with Crippen molar-refractivity contribution < 1.29 is 14.6 Å². The highest BCUT2D eigenvalue weighted by atomic mass is 79.9. The fraction of sp³-hybridized carbons (Fsp3) is 0.794. The molecule has 4 rings (SSSR count). The number of hydrogen-bond donors (Lipinski definition) is 1. The van der Waals surface area contributed by atoms with Crippen LogP contribution >= 0.6 is 15.9 Å². The van der Waals surface area contributed by atoms with E-state index in [0.717, 1.165) is 62.6 Å². The lowest BCUT2D eigenvalue weighted by molar-refractivity contribution is -0.130. The second-order valence-corrected chi connectivity index (χ2v) is 14.0. The van der Waals surface area contributed by atoms with Crippen molar-refractivity contribution in [2.45, 2.75) is 116 Å². The van der Waals surface area contributed by atoms with Gasteiger partial charge >= 0.3 is 0 Å². The van der Waals surface area contributed by atoms with Crippen molar-refractivity contribution in [1.82, 2.24) is 4.90 Å². The topological polar surface area (TPSA) is 49.8 Å². The summed E-state index contributed by atoms with van der Waals surface area (Å²) in [4.78, 5) is 14.2. The van der Waals surface area contributed by atoms with Crippen LogP contribution < -0.4 is 4.74 Å². The molecule has 1 unspecified atom stereocenters. The molecule has 1 aromatic carbocycles. The molecule has 0 aromatic heterocycles. The molecule has 1 aromatic rings. The molecule has 4 nitrogen and oxygen atoms in total. The van der Waals surface area contributed by atoms with Gasteiger partial charge in [-0.1, -0.05) is 55.1 Å². The molecule has 0 saturated heterocycles. The van der Waals surface area contributed by atoms with Gasteiger partial charge in [-0.25, -0.2) is 0 Å². The number of amides is 1. The van der Waals surface area contributed by atoms with Gasteiger partial charge in [0.25, 0.3) is 0 Å². The van der Waals surface area contributed by atoms with Gasteiger partial charge in [0.2, 0.25) is 5.91 Å². The first kappa shape index (κ1) is 30.9. The molecule has 3 aliphatic rings. The van der Waals surface area contributed by atoms with Crippen LogP contribution in [-0.2, 0) is 11.2 Å². The number of ether oxygens (including phenoxy) is 1. The van der Waals surface area contributed by atoms with Crippen LogP contribution in [-0.4, -0.2) is 48.0 Å². The Kier molecular flexibility index (Phi) is 11.2. The zero-order valence-electron chi connectivity index (χ0n) is 25.1. The summed E-state index contributed by atoms with van der Waals surface area (Å²) in [6.45, 7) is 5.46. The third-order valence-corrected chi connectivity index (χ3v) is 11.9. The Morgan fingerprint density at radius 3 is 2.77 bits per heavy atom. The number of benzene rings is 1. The molecule has 0 radical (unpaired) electrons. The molecule has 39 heavy (non-hydrogen) atoms. The summed E-state index contributed by atoms with van der Waals surface area (Å²) < 4.78 is 5.50. The number of alkyl halides is 1. The van der Waals surface area contributed by atoms with Crippen LogP contribution in [0.25, 0.3) is 0 Å². The molecule has 220 valence electrons. The van der Waals surface area contributed by atoms with E-state index in [2.05, 4.69) is 48.0 Å². The molecule has 2 saturated carbocycles. The number of unbranched alkanes of at least 4 members (excludes halogenated alkanes) is 3. The molecule has 0 heterocycles. The van der Waals surface area contributed by atoms with Gasteiger partial charge in [-0.15, -0.1) is 0 Å². The van der Waals surface area contributed by atoms with Crippen LogP contribution in [0.4, 0.5) is 0 Å². The van der Waals surface area contributed by atoms with Gasteiger partial charge in [0.1, 0.15) is 5.75 Å². The van der Waals surface area contributed by atoms with E-state index in [4.69, 9.17) is 4.74 Å². The van der Waals surface area contributed by atoms with Crippen LogP contribution in [0.5, 0.6) is 5.75 Å². The summed E-state index contributed by atoms with van der Waals surface area (Å²) in [5, 5.41) is 12.7. The standard InChI is InChI=1S/C34H54BrNO3/c1-5-6-20-36(3)32(37)11-9-7-8-10-24(23-35)12-13-26-22-31-30-16-14-25-21-27(39-4)15-17-28(25)29(30)18-19-34(31,2)33(26)38/h15,17,21,24,26,29-31,33,38H,5-14,16,18-20,22-23H2,1-4H3/t24?,26-,29-,30-,31+,33+,34+/m1/s1. The van der Waals surface area contributed by atoms with Gasteiger partial charge < -0.3 is 14.7 Å². The van der Waals surface area contributed by atoms with E-state index in [-0.39, 0.29) is 11.5 Å². The van der Waals surface area contributed by atoms with Gasteiger partial charge in [-0.05, 0) is 122 Å². The van der Waals surface area contributed by atoms with Crippen LogP contribution in [0, 0.1) is 29.1 Å². The van der Waals surface area contributed by atoms with Gasteiger partial charge in [-0.3, -0.25) is 4.79 Å². The molecule has 0 bridgehead atoms. The number of rotatable bonds is 14. The molecular weight excluding hydrogens is 550 g/mol. The van der Waals surface area contributed by atoms with Crippen LogP contribution in [0.15, 0.2) is 18.2 Å². The summed E-state index contributed by atoms with van der Waals surface area (Å²) in [6, 6.07) is 6.74. The highest BCUT2D eigenvalue weighted by Crippen LogP contribution is 2.63. The van der Waals surface area contributed by atoms with Crippen molar-refractivity contribution in [3.63, 3.8) is 0 Å². The van der Waals surface area contributed by atoms with Crippen molar-refractivity contribution in [2.24, 2.45) is 29.1 Å². The number of carbonyl (C=O) groups is 1. The number of methoxy groups -OCH3 is 1. The molecule has 0 spiro atoms. The fourth-order valence-electron chi connectivity index (χ4n) is 8.46. The van der Waals surface area contributed by atoms with E-state index in [9.17, 15) is 9.90 Å². The van der Waals surface area contributed by atoms with Gasteiger partial charge in [0.05, 0.1) is 13.2 Å². The Morgan fingerprint density at radius 1 is 1.21 bits per heavy atom. The summed E-state index contributed by atoms with van der Waals surface area (Å²) in [5.41, 5.74) is 3.12. The largest absolute Gasteiger partial charge is 0.497 e. The first-order valence-corrected chi connectivity index (χ1v) is 17.1. The van der Waals surface area contributed by atoms with Gasteiger partial charge in [0.15, 0.2) is 0 Å². The van der Waals surface area contributed by atoms with E-state index in [1.54, 1.807) is 12.7 Å². The number of hydrogen-bond acceptors (Lipinski definition) is 3.